The molecule has 0 aliphatic carbocycles. The van der Waals surface area contributed by atoms with Crippen LogP contribution in [0.3, 0.4) is 0 Å². The highest BCUT2D eigenvalue weighted by atomic mass is 35.5. The normalized spacial score (nSPS) is 12.0. The molecule has 0 unspecified atom stereocenters. The van der Waals surface area contributed by atoms with E-state index in [2.05, 4.69) is 5.10 Å². The Morgan fingerprint density at radius 1 is 1.60 bits per heavy atom. The Labute approximate surface area is 128 Å². The predicted octanol–water partition coefficient (Wildman–Crippen LogP) is 0.387. The Morgan fingerprint density at radius 3 is 2.70 bits per heavy atom. The van der Waals surface area contributed by atoms with Gasteiger partial charge in [0.25, 0.3) is 10.0 Å². The van der Waals surface area contributed by atoms with Gasteiger partial charge < -0.3 is 10.5 Å². The third kappa shape index (κ3) is 4.13. The van der Waals surface area contributed by atoms with E-state index >= 15 is 0 Å². The summed E-state index contributed by atoms with van der Waals surface area (Å²) in [6.45, 7) is 0.609. The first-order valence-electron chi connectivity index (χ1n) is 5.75. The fraction of sp³-hybridized carbons (Fsp3) is 0.600. The second kappa shape index (κ2) is 7.32. The summed E-state index contributed by atoms with van der Waals surface area (Å²) in [4.78, 5) is 0.249. The highest BCUT2D eigenvalue weighted by molar-refractivity contribution is 7.89. The van der Waals surface area contributed by atoms with E-state index in [0.29, 0.717) is 0 Å². The number of nitrogens with zero attached hydrogens (tertiary/aromatic N) is 3. The highest BCUT2D eigenvalue weighted by Gasteiger charge is 2.29. The Morgan fingerprint density at radius 2 is 2.25 bits per heavy atom. The Kier molecular flexibility index (Phi) is 6.34. The van der Waals surface area contributed by atoms with Crippen LogP contribution in [-0.2, 0) is 21.8 Å². The first kappa shape index (κ1) is 17.3. The van der Waals surface area contributed by atoms with Gasteiger partial charge in [-0.2, -0.15) is 9.40 Å². The van der Waals surface area contributed by atoms with Gasteiger partial charge in [0.05, 0.1) is 22.8 Å². The molecule has 0 saturated carbocycles. The van der Waals surface area contributed by atoms with Gasteiger partial charge in [-0.05, 0) is 0 Å². The molecule has 0 amide bonds. The molecule has 0 aliphatic heterocycles. The third-order valence-electron chi connectivity index (χ3n) is 2.58. The van der Waals surface area contributed by atoms with Crippen molar-refractivity contribution in [3.8, 4) is 0 Å². The summed E-state index contributed by atoms with van der Waals surface area (Å²) in [5, 5.41) is 3.85. The molecule has 7 nitrogen and oxygen atoms in total. The maximum absolute atomic E-state index is 12.6. The number of aryl methyl sites for hydroxylation is 1. The van der Waals surface area contributed by atoms with Crippen LogP contribution in [0, 0.1) is 0 Å². The maximum atomic E-state index is 12.6. The topological polar surface area (TPSA) is 90.4 Å². The summed E-state index contributed by atoms with van der Waals surface area (Å²) in [5.41, 5.74) is 5.43. The Bertz CT molecular complexity index is 554. The zero-order valence-corrected chi connectivity index (χ0v) is 13.6. The molecule has 10 heteroatoms. The minimum absolute atomic E-state index is 0.0572. The van der Waals surface area contributed by atoms with Crippen LogP contribution < -0.4 is 5.73 Å². The lowest BCUT2D eigenvalue weighted by Gasteiger charge is -2.21. The number of nitrogens with two attached hydrogens (primary N) is 1. The van der Waals surface area contributed by atoms with Crippen LogP contribution in [0.25, 0.3) is 0 Å². The average molecular weight is 341 g/mol. The van der Waals surface area contributed by atoms with Gasteiger partial charge in [0.1, 0.15) is 0 Å². The summed E-state index contributed by atoms with van der Waals surface area (Å²) in [7, 11) is -0.770. The number of methoxy groups -OCH3 is 1. The van der Waals surface area contributed by atoms with Crippen molar-refractivity contribution in [1.82, 2.24) is 14.1 Å². The van der Waals surface area contributed by atoms with Gasteiger partial charge in [-0.3, -0.25) is 4.68 Å². The third-order valence-corrected chi connectivity index (χ3v) is 5.19. The Balaban J connectivity index is 3.07. The molecule has 0 spiro atoms. The number of halogens is 1. The molecule has 20 heavy (non-hydrogen) atoms. The lowest BCUT2D eigenvalue weighted by molar-refractivity contribution is 0.179. The van der Waals surface area contributed by atoms with Crippen molar-refractivity contribution in [3.63, 3.8) is 0 Å². The van der Waals surface area contributed by atoms with E-state index in [1.54, 1.807) is 0 Å². The number of hydrogen-bond acceptors (Lipinski definition) is 5. The lowest BCUT2D eigenvalue weighted by Crippen LogP contribution is -2.37. The van der Waals surface area contributed by atoms with E-state index in [0.717, 1.165) is 0 Å². The zero-order chi connectivity index (χ0) is 15.3. The molecule has 1 rings (SSSR count). The number of sulfonamides is 1. The molecule has 1 aromatic rings. The van der Waals surface area contributed by atoms with Crippen molar-refractivity contribution in [3.05, 3.63) is 11.2 Å². The van der Waals surface area contributed by atoms with Gasteiger partial charge in [-0.1, -0.05) is 23.8 Å². The van der Waals surface area contributed by atoms with Crippen molar-refractivity contribution in [2.24, 2.45) is 12.8 Å². The minimum Gasteiger partial charge on any atom is -0.393 e. The second-order valence-corrected chi connectivity index (χ2v) is 6.82. The van der Waals surface area contributed by atoms with Crippen LogP contribution in [0.5, 0.6) is 0 Å². The summed E-state index contributed by atoms with van der Waals surface area (Å²) >= 11 is 10.7. The summed E-state index contributed by atoms with van der Waals surface area (Å²) < 4.78 is 32.6. The van der Waals surface area contributed by atoms with Crippen LogP contribution >= 0.6 is 23.8 Å². The fourth-order valence-electron chi connectivity index (χ4n) is 1.59. The molecule has 0 bridgehead atoms. The molecule has 1 heterocycles. The molecule has 114 valence electrons. The highest BCUT2D eigenvalue weighted by Crippen LogP contribution is 2.23. The van der Waals surface area contributed by atoms with Gasteiger partial charge in [-0.25, -0.2) is 8.42 Å². The standard InChI is InChI=1S/C10H17ClN4O3S2/c1-14-10(8(11)7-13-14)20(16,17)15(5-6-18-2)4-3-9(12)19/h7H,3-6H2,1-2H3,(H2,12,19). The van der Waals surface area contributed by atoms with Gasteiger partial charge in [0.2, 0.25) is 0 Å². The van der Waals surface area contributed by atoms with E-state index < -0.39 is 10.0 Å². The fourth-order valence-corrected chi connectivity index (χ4v) is 3.71. The minimum atomic E-state index is -3.78. The van der Waals surface area contributed by atoms with Crippen LogP contribution in [-0.4, -0.2) is 54.3 Å². The summed E-state index contributed by atoms with van der Waals surface area (Å²) in [5.74, 6) is 0. The SMILES string of the molecule is COCCN(CCC(N)=S)S(=O)(=O)c1c(Cl)cnn1C. The van der Waals surface area contributed by atoms with Crippen molar-refractivity contribution in [2.75, 3.05) is 26.8 Å². The van der Waals surface area contributed by atoms with E-state index in [4.69, 9.17) is 34.3 Å². The summed E-state index contributed by atoms with van der Waals surface area (Å²) in [6, 6.07) is 0. The molecule has 0 radical (unpaired) electrons. The molecule has 0 aromatic carbocycles. The van der Waals surface area contributed by atoms with Gasteiger partial charge >= 0.3 is 0 Å². The number of hydrogen-bond donors (Lipinski definition) is 1. The zero-order valence-electron chi connectivity index (χ0n) is 11.2. The van der Waals surface area contributed by atoms with Gasteiger partial charge in [0, 0.05) is 33.7 Å². The number of rotatable bonds is 8. The van der Waals surface area contributed by atoms with E-state index in [1.807, 2.05) is 0 Å². The molecular formula is C10H17ClN4O3S2. The van der Waals surface area contributed by atoms with E-state index in [-0.39, 0.29) is 41.2 Å². The second-order valence-electron chi connectivity index (χ2n) is 4.03. The summed E-state index contributed by atoms with van der Waals surface area (Å²) in [6.07, 6.45) is 1.57. The number of aromatic nitrogens is 2. The van der Waals surface area contributed by atoms with Crippen LogP contribution in [0.4, 0.5) is 0 Å². The molecule has 0 saturated heterocycles. The number of thiocarbonyl (C=S) groups is 1. The van der Waals surface area contributed by atoms with Crippen molar-refractivity contribution in [2.45, 2.75) is 11.4 Å². The van der Waals surface area contributed by atoms with Crippen LogP contribution in [0.1, 0.15) is 6.42 Å². The molecule has 1 aromatic heterocycles. The lowest BCUT2D eigenvalue weighted by atomic mass is 10.4. The van der Waals surface area contributed by atoms with E-state index in [1.165, 1.54) is 29.3 Å². The largest absolute Gasteiger partial charge is 0.393 e. The van der Waals surface area contributed by atoms with Crippen molar-refractivity contribution >= 4 is 38.8 Å². The van der Waals surface area contributed by atoms with Gasteiger partial charge in [-0.15, -0.1) is 0 Å². The van der Waals surface area contributed by atoms with Crippen molar-refractivity contribution < 1.29 is 13.2 Å². The first-order chi connectivity index (χ1) is 9.30. The molecule has 0 atom stereocenters. The molecule has 0 fully saturated rings. The van der Waals surface area contributed by atoms with Crippen LogP contribution in [0.15, 0.2) is 11.2 Å². The molecule has 2 N–H and O–H groups in total. The molecule has 0 aliphatic rings. The first-order valence-corrected chi connectivity index (χ1v) is 7.98. The monoisotopic (exact) mass is 340 g/mol. The smallest absolute Gasteiger partial charge is 0.261 e. The van der Waals surface area contributed by atoms with Crippen molar-refractivity contribution in [1.29, 1.82) is 0 Å². The number of ether oxygens (including phenoxy) is 1. The van der Waals surface area contributed by atoms with Gasteiger partial charge in [0.15, 0.2) is 5.03 Å². The quantitative estimate of drug-likeness (QED) is 0.688. The predicted molar refractivity (Wildman–Crippen MR) is 80.3 cm³/mol. The molecular weight excluding hydrogens is 324 g/mol. The Hall–Kier alpha value is -0.740. The van der Waals surface area contributed by atoms with E-state index in [9.17, 15) is 8.42 Å². The van der Waals surface area contributed by atoms with Crippen LogP contribution in [0.2, 0.25) is 5.02 Å². The average Bonchev–Trinajstić information content (AvgIpc) is 2.68. The maximum Gasteiger partial charge on any atom is 0.261 e.